The maximum absolute atomic E-state index is 12.7. The van der Waals surface area contributed by atoms with Crippen LogP contribution in [0.3, 0.4) is 0 Å². The molecule has 0 radical (unpaired) electrons. The van der Waals surface area contributed by atoms with E-state index in [9.17, 15) is 23.1 Å². The van der Waals surface area contributed by atoms with Gasteiger partial charge in [-0.1, -0.05) is 19.1 Å². The summed E-state index contributed by atoms with van der Waals surface area (Å²) < 4.78 is 38.0. The summed E-state index contributed by atoms with van der Waals surface area (Å²) in [6.07, 6.45) is -2.97. The van der Waals surface area contributed by atoms with Crippen LogP contribution in [0.15, 0.2) is 24.3 Å². The maximum atomic E-state index is 12.7. The van der Waals surface area contributed by atoms with E-state index in [2.05, 4.69) is 5.32 Å². The highest BCUT2D eigenvalue weighted by Gasteiger charge is 2.50. The number of likely N-dealkylation sites (N-methyl/N-ethyl adjacent to an activating group) is 1. The maximum Gasteiger partial charge on any atom is 0.416 e. The lowest BCUT2D eigenvalue weighted by atomic mass is 9.69. The number of Topliss-reactive ketones (excluding diaryl/α,β-unsaturated/α-hetero) is 1. The minimum atomic E-state index is -4.41. The molecule has 0 amide bonds. The summed E-state index contributed by atoms with van der Waals surface area (Å²) in [5.41, 5.74) is -2.88. The lowest BCUT2D eigenvalue weighted by Gasteiger charge is -2.43. The van der Waals surface area contributed by atoms with Gasteiger partial charge in [0.05, 0.1) is 5.56 Å². The number of halogens is 3. The zero-order valence-electron chi connectivity index (χ0n) is 12.6. The van der Waals surface area contributed by atoms with Crippen molar-refractivity contribution in [3.63, 3.8) is 0 Å². The van der Waals surface area contributed by atoms with E-state index < -0.39 is 22.9 Å². The van der Waals surface area contributed by atoms with Crippen molar-refractivity contribution in [2.75, 3.05) is 6.54 Å². The number of ketones is 1. The molecular formula is C16H20F3NO2. The quantitative estimate of drug-likeness (QED) is 0.901. The molecule has 0 unspecified atom stereocenters. The molecule has 0 aromatic heterocycles. The topological polar surface area (TPSA) is 49.3 Å². The van der Waals surface area contributed by atoms with E-state index in [-0.39, 0.29) is 5.78 Å². The van der Waals surface area contributed by atoms with Gasteiger partial charge in [0.2, 0.25) is 0 Å². The second-order valence-electron chi connectivity index (χ2n) is 5.97. The molecule has 0 aliphatic heterocycles. The van der Waals surface area contributed by atoms with E-state index in [0.717, 1.165) is 12.1 Å². The van der Waals surface area contributed by atoms with Gasteiger partial charge in [-0.3, -0.25) is 4.79 Å². The predicted octanol–water partition coefficient (Wildman–Crippen LogP) is 3.01. The Morgan fingerprint density at radius 3 is 2.32 bits per heavy atom. The zero-order chi connectivity index (χ0) is 16.6. The molecule has 6 heteroatoms. The summed E-state index contributed by atoms with van der Waals surface area (Å²) in [4.78, 5) is 12.7. The van der Waals surface area contributed by atoms with Crippen molar-refractivity contribution >= 4 is 5.78 Å². The smallest absolute Gasteiger partial charge is 0.382 e. The predicted molar refractivity (Wildman–Crippen MR) is 76.3 cm³/mol. The minimum absolute atomic E-state index is 0.361. The van der Waals surface area contributed by atoms with Crippen LogP contribution in [0.25, 0.3) is 0 Å². The highest BCUT2D eigenvalue weighted by atomic mass is 19.4. The van der Waals surface area contributed by atoms with Crippen LogP contribution >= 0.6 is 0 Å². The normalized spacial score (nSPS) is 29.6. The summed E-state index contributed by atoms with van der Waals surface area (Å²) in [6.45, 7) is 3.76. The molecular weight excluding hydrogens is 295 g/mol. The van der Waals surface area contributed by atoms with Gasteiger partial charge < -0.3 is 10.4 Å². The van der Waals surface area contributed by atoms with Crippen molar-refractivity contribution in [1.29, 1.82) is 0 Å². The first-order chi connectivity index (χ1) is 10.1. The Hall–Kier alpha value is -1.40. The van der Waals surface area contributed by atoms with E-state index in [1.165, 1.54) is 19.1 Å². The number of nitrogens with one attached hydrogen (secondary N) is 1. The van der Waals surface area contributed by atoms with Gasteiger partial charge >= 0.3 is 6.18 Å². The summed E-state index contributed by atoms with van der Waals surface area (Å²) in [7, 11) is 0. The first-order valence-electron chi connectivity index (χ1n) is 7.33. The van der Waals surface area contributed by atoms with Crippen LogP contribution in [0.2, 0.25) is 0 Å². The molecule has 0 heterocycles. The highest BCUT2D eigenvalue weighted by Crippen LogP contribution is 2.40. The second kappa shape index (κ2) is 5.66. The number of rotatable bonds is 3. The van der Waals surface area contributed by atoms with Gasteiger partial charge in [-0.05, 0) is 50.4 Å². The van der Waals surface area contributed by atoms with Crippen LogP contribution in [0, 0.1) is 0 Å². The Labute approximate surface area is 127 Å². The first-order valence-corrected chi connectivity index (χ1v) is 7.33. The average Bonchev–Trinajstić information content (AvgIpc) is 2.43. The van der Waals surface area contributed by atoms with Gasteiger partial charge in [-0.2, -0.15) is 13.2 Å². The molecule has 122 valence electrons. The lowest BCUT2D eigenvalue weighted by molar-refractivity contribution is -0.148. The third-order valence-corrected chi connectivity index (χ3v) is 4.28. The number of benzene rings is 1. The minimum Gasteiger partial charge on any atom is -0.382 e. The molecule has 3 nitrogen and oxygen atoms in total. The number of aliphatic hydroxyl groups is 1. The highest BCUT2D eigenvalue weighted by molar-refractivity contribution is 5.96. The number of alkyl halides is 3. The summed E-state index contributed by atoms with van der Waals surface area (Å²) in [5, 5.41) is 13.4. The number of hydrogen-bond acceptors (Lipinski definition) is 3. The second-order valence-corrected chi connectivity index (χ2v) is 5.97. The molecule has 1 fully saturated rings. The van der Waals surface area contributed by atoms with Crippen LogP contribution in [-0.2, 0) is 16.5 Å². The van der Waals surface area contributed by atoms with Crippen molar-refractivity contribution in [3.05, 3.63) is 35.4 Å². The molecule has 22 heavy (non-hydrogen) atoms. The van der Waals surface area contributed by atoms with Crippen molar-refractivity contribution < 1.29 is 23.1 Å². The fraction of sp³-hybridized carbons (Fsp3) is 0.562. The van der Waals surface area contributed by atoms with Gasteiger partial charge in [-0.25, -0.2) is 0 Å². The van der Waals surface area contributed by atoms with Crippen LogP contribution in [-0.4, -0.2) is 23.0 Å². The molecule has 1 aromatic rings. The molecule has 2 N–H and O–H groups in total. The molecule has 0 spiro atoms. The SMILES string of the molecule is CCN[C@@]1(c2ccc(C(F)(F)F)cc2)CCC[C@](C)(O)C1=O. The van der Waals surface area contributed by atoms with Gasteiger partial charge in [0.1, 0.15) is 11.1 Å². The Morgan fingerprint density at radius 1 is 1.23 bits per heavy atom. The van der Waals surface area contributed by atoms with Crippen molar-refractivity contribution in [3.8, 4) is 0 Å². The Morgan fingerprint density at radius 2 is 1.82 bits per heavy atom. The Kier molecular flexibility index (Phi) is 4.37. The van der Waals surface area contributed by atoms with Crippen LogP contribution in [0.5, 0.6) is 0 Å². The largest absolute Gasteiger partial charge is 0.416 e. The van der Waals surface area contributed by atoms with Crippen molar-refractivity contribution in [2.24, 2.45) is 0 Å². The number of carbonyl (C=O) groups excluding carboxylic acids is 1. The first kappa shape index (κ1) is 17.0. The van der Waals surface area contributed by atoms with E-state index in [1.807, 2.05) is 6.92 Å². The van der Waals surface area contributed by atoms with Gasteiger partial charge in [-0.15, -0.1) is 0 Å². The zero-order valence-corrected chi connectivity index (χ0v) is 12.6. The van der Waals surface area contributed by atoms with Crippen molar-refractivity contribution in [1.82, 2.24) is 5.32 Å². The van der Waals surface area contributed by atoms with Crippen LogP contribution < -0.4 is 5.32 Å². The van der Waals surface area contributed by atoms with Crippen molar-refractivity contribution in [2.45, 2.75) is 50.4 Å². The molecule has 0 saturated heterocycles. The van der Waals surface area contributed by atoms with Crippen LogP contribution in [0.4, 0.5) is 13.2 Å². The molecule has 0 bridgehead atoms. The lowest BCUT2D eigenvalue weighted by Crippen LogP contribution is -2.60. The molecule has 2 atom stereocenters. The average molecular weight is 315 g/mol. The Balaban J connectivity index is 2.46. The summed E-state index contributed by atoms with van der Waals surface area (Å²) >= 11 is 0. The molecule has 1 saturated carbocycles. The third kappa shape index (κ3) is 2.90. The fourth-order valence-electron chi connectivity index (χ4n) is 3.18. The standard InChI is InChI=1S/C16H20F3NO2/c1-3-20-15(10-4-9-14(2,22)13(15)21)11-5-7-12(8-6-11)16(17,18)19/h5-8,20,22H,3-4,9-10H2,1-2H3/t14-,15+/m0/s1. The molecule has 1 aliphatic carbocycles. The van der Waals surface area contributed by atoms with E-state index in [1.54, 1.807) is 0 Å². The Bertz CT molecular complexity index is 548. The number of hydrogen-bond donors (Lipinski definition) is 2. The van der Waals surface area contributed by atoms with Gasteiger partial charge in [0, 0.05) is 0 Å². The molecule has 1 aromatic carbocycles. The summed E-state index contributed by atoms with van der Waals surface area (Å²) in [5.74, 6) is -0.382. The number of carbonyl (C=O) groups is 1. The molecule has 1 aliphatic rings. The third-order valence-electron chi connectivity index (χ3n) is 4.28. The van der Waals surface area contributed by atoms with Gasteiger partial charge in [0.25, 0.3) is 0 Å². The van der Waals surface area contributed by atoms with Crippen LogP contribution in [0.1, 0.15) is 44.2 Å². The monoisotopic (exact) mass is 315 g/mol. The van der Waals surface area contributed by atoms with E-state index >= 15 is 0 Å². The fourth-order valence-corrected chi connectivity index (χ4v) is 3.18. The van der Waals surface area contributed by atoms with Gasteiger partial charge in [0.15, 0.2) is 5.78 Å². The molecule has 2 rings (SSSR count). The van der Waals surface area contributed by atoms with E-state index in [4.69, 9.17) is 0 Å². The van der Waals surface area contributed by atoms with E-state index in [0.29, 0.717) is 31.4 Å². The summed E-state index contributed by atoms with van der Waals surface area (Å²) in [6, 6.07) is 4.60.